The molecule has 1 aliphatic carbocycles. The second-order valence-corrected chi connectivity index (χ2v) is 5.23. The fourth-order valence-corrected chi connectivity index (χ4v) is 2.79. The maximum atomic E-state index is 5.53. The van der Waals surface area contributed by atoms with E-state index in [2.05, 4.69) is 30.4 Å². The van der Waals surface area contributed by atoms with Crippen LogP contribution in [0.4, 0.5) is 5.69 Å². The first-order chi connectivity index (χ1) is 8.81. The summed E-state index contributed by atoms with van der Waals surface area (Å²) in [4.78, 5) is 0. The predicted octanol–water partition coefficient (Wildman–Crippen LogP) is 4.47. The molecule has 1 N–H and O–H groups in total. The minimum Gasteiger partial charge on any atom is -0.494 e. The lowest BCUT2D eigenvalue weighted by Gasteiger charge is -2.29. The number of anilines is 1. The standard InChI is InChI=1S/C16H25NO/c1-3-13-8-10-14(11-9-13)17-15-6-5-7-16(12-15)18-4-2/h5-7,12-14,17H,3-4,8-11H2,1-2H3. The van der Waals surface area contributed by atoms with Gasteiger partial charge in [0.25, 0.3) is 0 Å². The normalized spacial score (nSPS) is 23.7. The van der Waals surface area contributed by atoms with Crippen LogP contribution in [0.3, 0.4) is 0 Å². The maximum Gasteiger partial charge on any atom is 0.121 e. The molecule has 1 aliphatic rings. The van der Waals surface area contributed by atoms with Gasteiger partial charge in [-0.25, -0.2) is 0 Å². The zero-order valence-electron chi connectivity index (χ0n) is 11.6. The van der Waals surface area contributed by atoms with Crippen LogP contribution < -0.4 is 10.1 Å². The minimum absolute atomic E-state index is 0.643. The van der Waals surface area contributed by atoms with Crippen molar-refractivity contribution < 1.29 is 4.74 Å². The van der Waals surface area contributed by atoms with E-state index in [0.29, 0.717) is 6.04 Å². The van der Waals surface area contributed by atoms with Gasteiger partial charge in [0, 0.05) is 17.8 Å². The number of ether oxygens (including phenoxy) is 1. The van der Waals surface area contributed by atoms with Crippen LogP contribution in [0.2, 0.25) is 0 Å². The van der Waals surface area contributed by atoms with E-state index in [1.807, 2.05) is 13.0 Å². The van der Waals surface area contributed by atoms with E-state index >= 15 is 0 Å². The van der Waals surface area contributed by atoms with E-state index < -0.39 is 0 Å². The predicted molar refractivity (Wildman–Crippen MR) is 77.3 cm³/mol. The molecule has 0 heterocycles. The third-order valence-corrected chi connectivity index (χ3v) is 3.94. The van der Waals surface area contributed by atoms with Gasteiger partial charge in [0.15, 0.2) is 0 Å². The first-order valence-corrected chi connectivity index (χ1v) is 7.31. The molecular formula is C16H25NO. The highest BCUT2D eigenvalue weighted by Crippen LogP contribution is 2.29. The van der Waals surface area contributed by atoms with Crippen LogP contribution in [0.15, 0.2) is 24.3 Å². The van der Waals surface area contributed by atoms with Gasteiger partial charge in [0.05, 0.1) is 6.61 Å². The number of rotatable bonds is 5. The summed E-state index contributed by atoms with van der Waals surface area (Å²) in [5, 5.41) is 3.64. The smallest absolute Gasteiger partial charge is 0.121 e. The average Bonchev–Trinajstić information content (AvgIpc) is 2.40. The van der Waals surface area contributed by atoms with E-state index in [0.717, 1.165) is 18.3 Å². The first kappa shape index (κ1) is 13.3. The van der Waals surface area contributed by atoms with Crippen LogP contribution in [0, 0.1) is 5.92 Å². The van der Waals surface area contributed by atoms with Crippen molar-refractivity contribution in [2.24, 2.45) is 5.92 Å². The third-order valence-electron chi connectivity index (χ3n) is 3.94. The largest absolute Gasteiger partial charge is 0.494 e. The minimum atomic E-state index is 0.643. The van der Waals surface area contributed by atoms with Gasteiger partial charge in [0.2, 0.25) is 0 Å². The molecule has 0 atom stereocenters. The molecule has 0 radical (unpaired) electrons. The summed E-state index contributed by atoms with van der Waals surface area (Å²) < 4.78 is 5.53. The zero-order valence-corrected chi connectivity index (χ0v) is 11.6. The van der Waals surface area contributed by atoms with Crippen molar-refractivity contribution in [2.45, 2.75) is 52.0 Å². The van der Waals surface area contributed by atoms with Crippen LogP contribution in [-0.2, 0) is 0 Å². The number of benzene rings is 1. The van der Waals surface area contributed by atoms with E-state index in [9.17, 15) is 0 Å². The molecule has 0 aliphatic heterocycles. The molecule has 1 fully saturated rings. The maximum absolute atomic E-state index is 5.53. The molecule has 0 aromatic heterocycles. The fourth-order valence-electron chi connectivity index (χ4n) is 2.79. The molecule has 0 amide bonds. The van der Waals surface area contributed by atoms with Crippen molar-refractivity contribution in [3.05, 3.63) is 24.3 Å². The van der Waals surface area contributed by atoms with Crippen LogP contribution in [0.1, 0.15) is 46.0 Å². The summed E-state index contributed by atoms with van der Waals surface area (Å²) in [5.74, 6) is 1.92. The highest BCUT2D eigenvalue weighted by molar-refractivity contribution is 5.48. The molecular weight excluding hydrogens is 222 g/mol. The van der Waals surface area contributed by atoms with Crippen molar-refractivity contribution in [1.82, 2.24) is 0 Å². The van der Waals surface area contributed by atoms with Gasteiger partial charge in [-0.05, 0) is 50.7 Å². The molecule has 1 saturated carbocycles. The Hall–Kier alpha value is -1.18. The van der Waals surface area contributed by atoms with E-state index in [4.69, 9.17) is 4.74 Å². The summed E-state index contributed by atoms with van der Waals surface area (Å²) in [6.07, 6.45) is 6.69. The van der Waals surface area contributed by atoms with Crippen molar-refractivity contribution >= 4 is 5.69 Å². The van der Waals surface area contributed by atoms with E-state index in [-0.39, 0.29) is 0 Å². The van der Waals surface area contributed by atoms with Crippen molar-refractivity contribution in [3.8, 4) is 5.75 Å². The topological polar surface area (TPSA) is 21.3 Å². The van der Waals surface area contributed by atoms with Crippen LogP contribution in [0.5, 0.6) is 5.75 Å². The van der Waals surface area contributed by atoms with Gasteiger partial charge in [-0.1, -0.05) is 19.4 Å². The third kappa shape index (κ3) is 3.66. The van der Waals surface area contributed by atoms with Gasteiger partial charge in [-0.15, -0.1) is 0 Å². The summed E-state index contributed by atoms with van der Waals surface area (Å²) in [6.45, 7) is 5.06. The van der Waals surface area contributed by atoms with Gasteiger partial charge in [-0.3, -0.25) is 0 Å². The summed E-state index contributed by atoms with van der Waals surface area (Å²) in [5.41, 5.74) is 1.20. The molecule has 2 nitrogen and oxygen atoms in total. The molecule has 0 unspecified atom stereocenters. The second kappa shape index (κ2) is 6.67. The molecule has 2 heteroatoms. The number of nitrogens with one attached hydrogen (secondary N) is 1. The lowest BCUT2D eigenvalue weighted by atomic mass is 9.84. The van der Waals surface area contributed by atoms with Gasteiger partial charge in [0.1, 0.15) is 5.75 Å². The Morgan fingerprint density at radius 1 is 1.17 bits per heavy atom. The second-order valence-electron chi connectivity index (χ2n) is 5.23. The number of hydrogen-bond donors (Lipinski definition) is 1. The number of hydrogen-bond acceptors (Lipinski definition) is 2. The Kier molecular flexibility index (Phi) is 4.91. The Morgan fingerprint density at radius 2 is 1.94 bits per heavy atom. The van der Waals surface area contributed by atoms with Crippen molar-refractivity contribution in [1.29, 1.82) is 0 Å². The lowest BCUT2D eigenvalue weighted by molar-refractivity contribution is 0.329. The molecule has 0 spiro atoms. The SMILES string of the molecule is CCOc1cccc(NC2CCC(CC)CC2)c1. The monoisotopic (exact) mass is 247 g/mol. The van der Waals surface area contributed by atoms with Crippen LogP contribution in [-0.4, -0.2) is 12.6 Å². The Labute approximate surface area is 111 Å². The highest BCUT2D eigenvalue weighted by atomic mass is 16.5. The highest BCUT2D eigenvalue weighted by Gasteiger charge is 2.19. The van der Waals surface area contributed by atoms with Gasteiger partial charge < -0.3 is 10.1 Å². The van der Waals surface area contributed by atoms with Gasteiger partial charge in [-0.2, -0.15) is 0 Å². The lowest BCUT2D eigenvalue weighted by Crippen LogP contribution is -2.25. The quantitative estimate of drug-likeness (QED) is 0.829. The summed E-state index contributed by atoms with van der Waals surface area (Å²) in [6, 6.07) is 8.96. The first-order valence-electron chi connectivity index (χ1n) is 7.31. The molecule has 2 rings (SSSR count). The molecule has 0 bridgehead atoms. The van der Waals surface area contributed by atoms with Crippen LogP contribution >= 0.6 is 0 Å². The van der Waals surface area contributed by atoms with Crippen molar-refractivity contribution in [2.75, 3.05) is 11.9 Å². The summed E-state index contributed by atoms with van der Waals surface area (Å²) in [7, 11) is 0. The molecule has 100 valence electrons. The van der Waals surface area contributed by atoms with Gasteiger partial charge >= 0.3 is 0 Å². The summed E-state index contributed by atoms with van der Waals surface area (Å²) >= 11 is 0. The Bertz CT molecular complexity index is 356. The molecule has 0 saturated heterocycles. The van der Waals surface area contributed by atoms with E-state index in [1.54, 1.807) is 0 Å². The van der Waals surface area contributed by atoms with Crippen LogP contribution in [0.25, 0.3) is 0 Å². The molecule has 18 heavy (non-hydrogen) atoms. The average molecular weight is 247 g/mol. The van der Waals surface area contributed by atoms with E-state index in [1.165, 1.54) is 37.8 Å². The fraction of sp³-hybridized carbons (Fsp3) is 0.625. The van der Waals surface area contributed by atoms with Crippen molar-refractivity contribution in [3.63, 3.8) is 0 Å². The Morgan fingerprint density at radius 3 is 2.61 bits per heavy atom. The molecule has 1 aromatic carbocycles. The molecule has 1 aromatic rings. The Balaban J connectivity index is 1.87. The zero-order chi connectivity index (χ0) is 12.8.